The quantitative estimate of drug-likeness (QED) is 0.289. The third-order valence-electron chi connectivity index (χ3n) is 4.24. The van der Waals surface area contributed by atoms with E-state index in [9.17, 15) is 8.78 Å². The summed E-state index contributed by atoms with van der Waals surface area (Å²) in [5.41, 5.74) is 5.66. The lowest BCUT2D eigenvalue weighted by Gasteiger charge is -2.08. The molecule has 4 aromatic rings. The number of benzene rings is 3. The van der Waals surface area contributed by atoms with E-state index in [1.54, 1.807) is 24.3 Å². The number of hydrazone groups is 1. The van der Waals surface area contributed by atoms with Gasteiger partial charge in [-0.3, -0.25) is 5.43 Å². The number of thiazole rings is 1. The SMILES string of the molecule is Fc1ccccc1COc1ccc(C=NNc2nc(-c3ccccc3)cs2)cc1F. The number of anilines is 1. The maximum Gasteiger partial charge on any atom is 0.203 e. The highest BCUT2D eigenvalue weighted by atomic mass is 32.1. The number of nitrogens with zero attached hydrogens (tertiary/aromatic N) is 2. The summed E-state index contributed by atoms with van der Waals surface area (Å²) in [6.45, 7) is -0.0492. The van der Waals surface area contributed by atoms with Crippen LogP contribution in [0.25, 0.3) is 11.3 Å². The molecular weight excluding hydrogens is 404 g/mol. The molecule has 0 unspecified atom stereocenters. The average molecular weight is 421 g/mol. The van der Waals surface area contributed by atoms with Gasteiger partial charge in [-0.1, -0.05) is 48.5 Å². The molecule has 0 aliphatic heterocycles. The summed E-state index contributed by atoms with van der Waals surface area (Å²) < 4.78 is 33.3. The van der Waals surface area contributed by atoms with Gasteiger partial charge in [-0.25, -0.2) is 13.8 Å². The molecule has 150 valence electrons. The second kappa shape index (κ2) is 9.28. The van der Waals surface area contributed by atoms with E-state index < -0.39 is 5.82 Å². The van der Waals surface area contributed by atoms with Crippen LogP contribution in [0.2, 0.25) is 0 Å². The van der Waals surface area contributed by atoms with Crippen molar-refractivity contribution in [2.24, 2.45) is 5.10 Å². The van der Waals surface area contributed by atoms with Crippen molar-refractivity contribution in [1.29, 1.82) is 0 Å². The van der Waals surface area contributed by atoms with Gasteiger partial charge < -0.3 is 4.74 Å². The molecule has 0 radical (unpaired) electrons. The van der Waals surface area contributed by atoms with Crippen molar-refractivity contribution in [3.8, 4) is 17.0 Å². The van der Waals surface area contributed by atoms with Crippen LogP contribution < -0.4 is 10.2 Å². The van der Waals surface area contributed by atoms with Crippen molar-refractivity contribution >= 4 is 22.7 Å². The topological polar surface area (TPSA) is 46.5 Å². The highest BCUT2D eigenvalue weighted by molar-refractivity contribution is 7.14. The van der Waals surface area contributed by atoms with E-state index in [0.29, 0.717) is 16.3 Å². The van der Waals surface area contributed by atoms with Crippen LogP contribution in [0.3, 0.4) is 0 Å². The van der Waals surface area contributed by atoms with Crippen LogP contribution in [-0.4, -0.2) is 11.2 Å². The van der Waals surface area contributed by atoms with Crippen LogP contribution in [0, 0.1) is 11.6 Å². The number of aromatic nitrogens is 1. The number of halogens is 2. The Balaban J connectivity index is 1.36. The number of nitrogens with one attached hydrogen (secondary N) is 1. The number of ether oxygens (including phenoxy) is 1. The normalized spacial score (nSPS) is 11.0. The van der Waals surface area contributed by atoms with Gasteiger partial charge in [0.2, 0.25) is 5.13 Å². The minimum atomic E-state index is -0.545. The summed E-state index contributed by atoms with van der Waals surface area (Å²) in [7, 11) is 0. The average Bonchev–Trinajstić information content (AvgIpc) is 3.24. The minimum absolute atomic E-state index is 0.0492. The molecule has 0 saturated heterocycles. The van der Waals surface area contributed by atoms with Crippen molar-refractivity contribution in [3.63, 3.8) is 0 Å². The predicted octanol–water partition coefficient (Wildman–Crippen LogP) is 6.11. The van der Waals surface area contributed by atoms with E-state index in [2.05, 4.69) is 15.5 Å². The van der Waals surface area contributed by atoms with Gasteiger partial charge in [-0.05, 0) is 29.8 Å². The van der Waals surface area contributed by atoms with E-state index in [-0.39, 0.29) is 18.2 Å². The van der Waals surface area contributed by atoms with Gasteiger partial charge >= 0.3 is 0 Å². The number of hydrogen-bond donors (Lipinski definition) is 1. The van der Waals surface area contributed by atoms with Crippen LogP contribution >= 0.6 is 11.3 Å². The monoisotopic (exact) mass is 421 g/mol. The summed E-state index contributed by atoms with van der Waals surface area (Å²) in [4.78, 5) is 4.47. The van der Waals surface area contributed by atoms with Crippen LogP contribution in [0.5, 0.6) is 5.75 Å². The zero-order chi connectivity index (χ0) is 20.8. The van der Waals surface area contributed by atoms with E-state index in [1.165, 1.54) is 35.8 Å². The van der Waals surface area contributed by atoms with Gasteiger partial charge in [-0.15, -0.1) is 11.3 Å². The third-order valence-corrected chi connectivity index (χ3v) is 4.99. The fourth-order valence-electron chi connectivity index (χ4n) is 2.71. The molecule has 0 saturated carbocycles. The van der Waals surface area contributed by atoms with Gasteiger partial charge in [-0.2, -0.15) is 5.10 Å². The minimum Gasteiger partial charge on any atom is -0.486 e. The summed E-state index contributed by atoms with van der Waals surface area (Å²) >= 11 is 1.43. The van der Waals surface area contributed by atoms with Crippen LogP contribution in [0.15, 0.2) is 83.3 Å². The van der Waals surface area contributed by atoms with Gasteiger partial charge in [0.15, 0.2) is 11.6 Å². The lowest BCUT2D eigenvalue weighted by atomic mass is 10.2. The number of hydrogen-bond acceptors (Lipinski definition) is 5. The van der Waals surface area contributed by atoms with E-state index in [4.69, 9.17) is 4.74 Å². The molecule has 4 nitrogen and oxygen atoms in total. The van der Waals surface area contributed by atoms with Crippen molar-refractivity contribution in [2.45, 2.75) is 6.61 Å². The Hall–Kier alpha value is -3.58. The summed E-state index contributed by atoms with van der Waals surface area (Å²) in [6.07, 6.45) is 1.49. The molecule has 30 heavy (non-hydrogen) atoms. The predicted molar refractivity (Wildman–Crippen MR) is 116 cm³/mol. The van der Waals surface area contributed by atoms with Crippen molar-refractivity contribution in [3.05, 3.63) is 101 Å². The van der Waals surface area contributed by atoms with Crippen LogP contribution in [0.1, 0.15) is 11.1 Å². The molecule has 7 heteroatoms. The molecule has 0 aliphatic carbocycles. The standard InChI is InChI=1S/C23H17F2N3OS/c24-19-9-5-4-8-18(19)14-29-22-11-10-16(12-20(22)25)13-26-28-23-27-21(15-30-23)17-6-2-1-3-7-17/h1-13,15H,14H2,(H,27,28). The lowest BCUT2D eigenvalue weighted by Crippen LogP contribution is -2.00. The molecule has 1 aromatic heterocycles. The summed E-state index contributed by atoms with van der Waals surface area (Å²) in [5, 5.41) is 6.68. The first-order valence-electron chi connectivity index (χ1n) is 9.15. The molecule has 3 aromatic carbocycles. The van der Waals surface area contributed by atoms with Crippen LogP contribution in [0.4, 0.5) is 13.9 Å². The Morgan fingerprint density at radius 2 is 1.77 bits per heavy atom. The van der Waals surface area contributed by atoms with Gasteiger partial charge in [0, 0.05) is 16.5 Å². The fourth-order valence-corrected chi connectivity index (χ4v) is 3.38. The second-order valence-corrected chi connectivity index (χ2v) is 7.20. The first-order chi connectivity index (χ1) is 14.7. The Morgan fingerprint density at radius 1 is 0.967 bits per heavy atom. The zero-order valence-electron chi connectivity index (χ0n) is 15.8. The third kappa shape index (κ3) is 4.87. The maximum absolute atomic E-state index is 14.3. The molecule has 0 fully saturated rings. The second-order valence-electron chi connectivity index (χ2n) is 6.34. The molecule has 1 N–H and O–H groups in total. The number of rotatable bonds is 7. The first kappa shape index (κ1) is 19.7. The van der Waals surface area contributed by atoms with Crippen molar-refractivity contribution < 1.29 is 13.5 Å². The molecule has 0 amide bonds. The molecule has 4 rings (SSSR count). The maximum atomic E-state index is 14.3. The molecule has 1 heterocycles. The highest BCUT2D eigenvalue weighted by Gasteiger charge is 2.07. The van der Waals surface area contributed by atoms with E-state index in [0.717, 1.165) is 11.3 Å². The van der Waals surface area contributed by atoms with Crippen molar-refractivity contribution in [1.82, 2.24) is 4.98 Å². The molecule has 0 bridgehead atoms. The largest absolute Gasteiger partial charge is 0.486 e. The Labute approximate surface area is 176 Å². The highest BCUT2D eigenvalue weighted by Crippen LogP contribution is 2.24. The smallest absolute Gasteiger partial charge is 0.203 e. The summed E-state index contributed by atoms with van der Waals surface area (Å²) in [6, 6.07) is 20.5. The Kier molecular flexibility index (Phi) is 6.10. The Bertz CT molecular complexity index is 1160. The van der Waals surface area contributed by atoms with Gasteiger partial charge in [0.05, 0.1) is 11.9 Å². The van der Waals surface area contributed by atoms with Crippen molar-refractivity contribution in [2.75, 3.05) is 5.43 Å². The van der Waals surface area contributed by atoms with Crippen LogP contribution in [-0.2, 0) is 6.61 Å². The zero-order valence-corrected chi connectivity index (χ0v) is 16.6. The van der Waals surface area contributed by atoms with E-state index in [1.807, 2.05) is 35.7 Å². The Morgan fingerprint density at radius 3 is 2.57 bits per heavy atom. The first-order valence-corrected chi connectivity index (χ1v) is 10.0. The molecular formula is C23H17F2N3OS. The molecule has 0 aliphatic rings. The fraction of sp³-hybridized carbons (Fsp3) is 0.0435. The van der Waals surface area contributed by atoms with E-state index >= 15 is 0 Å². The van der Waals surface area contributed by atoms with Gasteiger partial charge in [0.1, 0.15) is 12.4 Å². The molecule has 0 spiro atoms. The van der Waals surface area contributed by atoms with Gasteiger partial charge in [0.25, 0.3) is 0 Å². The molecule has 0 atom stereocenters. The summed E-state index contributed by atoms with van der Waals surface area (Å²) in [5.74, 6) is -0.878. The lowest BCUT2D eigenvalue weighted by molar-refractivity contribution is 0.285.